The lowest BCUT2D eigenvalue weighted by Gasteiger charge is -1.96. The van der Waals surface area contributed by atoms with Crippen LogP contribution in [0.25, 0.3) is 17.0 Å². The molecule has 0 amide bonds. The van der Waals surface area contributed by atoms with Gasteiger partial charge in [-0.1, -0.05) is 5.16 Å². The van der Waals surface area contributed by atoms with Gasteiger partial charge in [0.1, 0.15) is 0 Å². The summed E-state index contributed by atoms with van der Waals surface area (Å²) in [7, 11) is 0. The SMILES string of the molecule is CC(N)Cc1noc(-c2cnn3ccncc23)n1. The molecule has 7 heteroatoms. The fourth-order valence-corrected chi connectivity index (χ4v) is 1.73. The Balaban J connectivity index is 2.01. The highest BCUT2D eigenvalue weighted by Crippen LogP contribution is 2.21. The minimum absolute atomic E-state index is 0.000947. The van der Waals surface area contributed by atoms with Crippen molar-refractivity contribution in [2.45, 2.75) is 19.4 Å². The van der Waals surface area contributed by atoms with Crippen molar-refractivity contribution >= 4 is 5.52 Å². The van der Waals surface area contributed by atoms with E-state index in [4.69, 9.17) is 10.3 Å². The molecule has 0 saturated heterocycles. The second kappa shape index (κ2) is 4.19. The molecule has 0 fully saturated rings. The Morgan fingerprint density at radius 3 is 3.17 bits per heavy atom. The molecule has 18 heavy (non-hydrogen) atoms. The van der Waals surface area contributed by atoms with Crippen molar-refractivity contribution in [1.29, 1.82) is 0 Å². The van der Waals surface area contributed by atoms with Gasteiger partial charge in [-0.15, -0.1) is 0 Å². The molecule has 7 nitrogen and oxygen atoms in total. The number of fused-ring (bicyclic) bond motifs is 1. The average Bonchev–Trinajstić information content (AvgIpc) is 2.94. The summed E-state index contributed by atoms with van der Waals surface area (Å²) in [5.41, 5.74) is 7.29. The summed E-state index contributed by atoms with van der Waals surface area (Å²) in [6.07, 6.45) is 7.40. The van der Waals surface area contributed by atoms with Gasteiger partial charge in [-0.3, -0.25) is 4.98 Å². The zero-order valence-electron chi connectivity index (χ0n) is 9.82. The van der Waals surface area contributed by atoms with Gasteiger partial charge in [0.05, 0.1) is 23.5 Å². The van der Waals surface area contributed by atoms with Crippen LogP contribution in [-0.2, 0) is 6.42 Å². The number of nitrogens with zero attached hydrogens (tertiary/aromatic N) is 5. The van der Waals surface area contributed by atoms with Crippen LogP contribution in [0.1, 0.15) is 12.7 Å². The Morgan fingerprint density at radius 1 is 1.44 bits per heavy atom. The van der Waals surface area contributed by atoms with E-state index >= 15 is 0 Å². The molecule has 0 aromatic carbocycles. The van der Waals surface area contributed by atoms with Gasteiger partial charge < -0.3 is 10.3 Å². The van der Waals surface area contributed by atoms with Crippen molar-refractivity contribution < 1.29 is 4.52 Å². The highest BCUT2D eigenvalue weighted by Gasteiger charge is 2.14. The Morgan fingerprint density at radius 2 is 2.33 bits per heavy atom. The average molecular weight is 244 g/mol. The van der Waals surface area contributed by atoms with Gasteiger partial charge in [-0.25, -0.2) is 4.52 Å². The van der Waals surface area contributed by atoms with E-state index in [1.54, 1.807) is 29.3 Å². The first-order valence-corrected chi connectivity index (χ1v) is 5.60. The molecule has 1 atom stereocenters. The zero-order chi connectivity index (χ0) is 12.5. The summed E-state index contributed by atoms with van der Waals surface area (Å²) >= 11 is 0. The molecule has 0 aliphatic heterocycles. The Labute approximate surface area is 103 Å². The highest BCUT2D eigenvalue weighted by atomic mass is 16.5. The number of hydrogen-bond donors (Lipinski definition) is 1. The molecule has 3 aromatic rings. The maximum atomic E-state index is 5.69. The van der Waals surface area contributed by atoms with Crippen molar-refractivity contribution in [3.05, 3.63) is 30.6 Å². The second-order valence-corrected chi connectivity index (χ2v) is 4.16. The highest BCUT2D eigenvalue weighted by molar-refractivity contribution is 5.73. The largest absolute Gasteiger partial charge is 0.334 e. The molecular weight excluding hydrogens is 232 g/mol. The molecule has 3 heterocycles. The van der Waals surface area contributed by atoms with Crippen LogP contribution in [0, 0.1) is 0 Å². The van der Waals surface area contributed by atoms with Gasteiger partial charge >= 0.3 is 0 Å². The van der Waals surface area contributed by atoms with Gasteiger partial charge in [0, 0.05) is 24.9 Å². The lowest BCUT2D eigenvalue weighted by atomic mass is 10.2. The van der Waals surface area contributed by atoms with Crippen LogP contribution in [0.15, 0.2) is 29.3 Å². The maximum Gasteiger partial charge on any atom is 0.261 e. The molecule has 0 spiro atoms. The van der Waals surface area contributed by atoms with Gasteiger partial charge in [-0.2, -0.15) is 10.1 Å². The first-order valence-electron chi connectivity index (χ1n) is 5.60. The summed E-state index contributed by atoms with van der Waals surface area (Å²) in [4.78, 5) is 8.36. The van der Waals surface area contributed by atoms with Crippen LogP contribution < -0.4 is 5.73 Å². The third kappa shape index (κ3) is 1.84. The second-order valence-electron chi connectivity index (χ2n) is 4.16. The smallest absolute Gasteiger partial charge is 0.261 e. The molecular formula is C11H12N6O. The van der Waals surface area contributed by atoms with Crippen LogP contribution in [0.4, 0.5) is 0 Å². The normalized spacial score (nSPS) is 13.0. The molecule has 2 N–H and O–H groups in total. The van der Waals surface area contributed by atoms with Crippen molar-refractivity contribution in [1.82, 2.24) is 24.7 Å². The summed E-state index contributed by atoms with van der Waals surface area (Å²) in [6.45, 7) is 1.90. The molecule has 0 aliphatic rings. The summed E-state index contributed by atoms with van der Waals surface area (Å²) in [6, 6.07) is 0.000947. The first kappa shape index (κ1) is 10.8. The van der Waals surface area contributed by atoms with Gasteiger partial charge in [0.2, 0.25) is 0 Å². The van der Waals surface area contributed by atoms with E-state index in [0.717, 1.165) is 11.1 Å². The lowest BCUT2D eigenvalue weighted by molar-refractivity contribution is 0.420. The summed E-state index contributed by atoms with van der Waals surface area (Å²) in [5.74, 6) is 1.04. The Kier molecular flexibility index (Phi) is 2.52. The van der Waals surface area contributed by atoms with E-state index < -0.39 is 0 Å². The molecule has 0 aliphatic carbocycles. The molecule has 0 saturated carbocycles. The molecule has 3 rings (SSSR count). The molecule has 3 aromatic heterocycles. The van der Waals surface area contributed by atoms with Crippen LogP contribution in [-0.4, -0.2) is 30.8 Å². The fraction of sp³-hybridized carbons (Fsp3) is 0.273. The van der Waals surface area contributed by atoms with E-state index in [1.165, 1.54) is 0 Å². The van der Waals surface area contributed by atoms with E-state index in [2.05, 4.69) is 20.2 Å². The van der Waals surface area contributed by atoms with Gasteiger partial charge in [-0.05, 0) is 6.92 Å². The quantitative estimate of drug-likeness (QED) is 0.727. The fourth-order valence-electron chi connectivity index (χ4n) is 1.73. The standard InChI is InChI=1S/C11H12N6O/c1-7(12)4-10-15-11(18-16-10)8-5-14-17-3-2-13-6-9(8)17/h2-3,5-7H,4,12H2,1H3. The zero-order valence-corrected chi connectivity index (χ0v) is 9.82. The van der Waals surface area contributed by atoms with Gasteiger partial charge in [0.15, 0.2) is 5.82 Å². The number of aromatic nitrogens is 5. The minimum atomic E-state index is 0.000947. The van der Waals surface area contributed by atoms with Crippen LogP contribution in [0.5, 0.6) is 0 Å². The van der Waals surface area contributed by atoms with Crippen molar-refractivity contribution in [3.8, 4) is 11.5 Å². The minimum Gasteiger partial charge on any atom is -0.334 e. The van der Waals surface area contributed by atoms with Crippen LogP contribution in [0.3, 0.4) is 0 Å². The predicted molar refractivity (Wildman–Crippen MR) is 63.6 cm³/mol. The number of rotatable bonds is 3. The molecule has 0 bridgehead atoms. The topological polar surface area (TPSA) is 95.1 Å². The van der Waals surface area contributed by atoms with E-state index in [9.17, 15) is 0 Å². The van der Waals surface area contributed by atoms with E-state index in [1.807, 2.05) is 6.92 Å². The maximum absolute atomic E-state index is 5.69. The van der Waals surface area contributed by atoms with Gasteiger partial charge in [0.25, 0.3) is 5.89 Å². The van der Waals surface area contributed by atoms with Crippen molar-refractivity contribution in [2.75, 3.05) is 0 Å². The number of nitrogens with two attached hydrogens (primary N) is 1. The predicted octanol–water partition coefficient (Wildman–Crippen LogP) is 0.669. The molecule has 1 unspecified atom stereocenters. The summed E-state index contributed by atoms with van der Waals surface area (Å²) in [5, 5.41) is 8.09. The van der Waals surface area contributed by atoms with Crippen LogP contribution >= 0.6 is 0 Å². The molecule has 92 valence electrons. The Bertz CT molecular complexity index is 671. The first-order chi connectivity index (χ1) is 8.74. The van der Waals surface area contributed by atoms with E-state index in [0.29, 0.717) is 18.1 Å². The van der Waals surface area contributed by atoms with E-state index in [-0.39, 0.29) is 6.04 Å². The lowest BCUT2D eigenvalue weighted by Crippen LogP contribution is -2.18. The number of hydrogen-bond acceptors (Lipinski definition) is 6. The van der Waals surface area contributed by atoms with Crippen molar-refractivity contribution in [2.24, 2.45) is 5.73 Å². The third-order valence-electron chi connectivity index (χ3n) is 2.53. The van der Waals surface area contributed by atoms with Crippen LogP contribution in [0.2, 0.25) is 0 Å². The third-order valence-corrected chi connectivity index (χ3v) is 2.53. The molecule has 0 radical (unpaired) electrons. The van der Waals surface area contributed by atoms with Crippen molar-refractivity contribution in [3.63, 3.8) is 0 Å². The Hall–Kier alpha value is -2.28. The monoisotopic (exact) mass is 244 g/mol. The summed E-state index contributed by atoms with van der Waals surface area (Å²) < 4.78 is 6.93.